The van der Waals surface area contributed by atoms with Gasteiger partial charge in [-0.3, -0.25) is 14.7 Å². The van der Waals surface area contributed by atoms with E-state index in [1.807, 2.05) is 42.5 Å². The molecule has 7 heteroatoms. The van der Waals surface area contributed by atoms with Crippen LogP contribution in [-0.4, -0.2) is 22.0 Å². The Kier molecular flexibility index (Phi) is 5.52. The van der Waals surface area contributed by atoms with Crippen molar-refractivity contribution in [1.29, 1.82) is 0 Å². The summed E-state index contributed by atoms with van der Waals surface area (Å²) in [4.78, 5) is 26.8. The molecule has 0 fully saturated rings. The van der Waals surface area contributed by atoms with Gasteiger partial charge in [0.15, 0.2) is 0 Å². The summed E-state index contributed by atoms with van der Waals surface area (Å²) in [6.07, 6.45) is 1.72. The third kappa shape index (κ3) is 4.23. The van der Waals surface area contributed by atoms with Crippen molar-refractivity contribution in [3.05, 3.63) is 114 Å². The van der Waals surface area contributed by atoms with Gasteiger partial charge in [0.2, 0.25) is 0 Å². The van der Waals surface area contributed by atoms with E-state index in [2.05, 4.69) is 39.0 Å². The minimum absolute atomic E-state index is 0.211. The average molecular weight is 489 g/mol. The lowest BCUT2D eigenvalue weighted by molar-refractivity contribution is 0.101. The smallest absolute Gasteiger partial charge is 0.255 e. The van der Waals surface area contributed by atoms with E-state index < -0.39 is 0 Å². The molecule has 6 aromatic rings. The molecule has 0 atom stereocenters. The predicted molar refractivity (Wildman–Crippen MR) is 146 cm³/mol. The SMILES string of the molecule is O=C(Nc1cccc(NC(=O)c2cc(-c3cc4ccccc4s3)c3[nH]ncc3c2)c1)c1ccccc1. The maximum Gasteiger partial charge on any atom is 0.255 e. The maximum atomic E-state index is 13.3. The number of nitrogens with one attached hydrogen (secondary N) is 3. The molecule has 6 rings (SSSR count). The van der Waals surface area contributed by atoms with Gasteiger partial charge in [-0.1, -0.05) is 42.5 Å². The fraction of sp³-hybridized carbons (Fsp3) is 0. The second-order valence-corrected chi connectivity index (χ2v) is 9.45. The Morgan fingerprint density at radius 3 is 2.19 bits per heavy atom. The summed E-state index contributed by atoms with van der Waals surface area (Å²) in [7, 11) is 0. The Morgan fingerprint density at radius 1 is 0.694 bits per heavy atom. The van der Waals surface area contributed by atoms with Gasteiger partial charge in [-0.15, -0.1) is 11.3 Å². The summed E-state index contributed by atoms with van der Waals surface area (Å²) in [6, 6.07) is 30.2. The largest absolute Gasteiger partial charge is 0.322 e. The number of H-pyrrole nitrogens is 1. The van der Waals surface area contributed by atoms with Gasteiger partial charge < -0.3 is 10.6 Å². The summed E-state index contributed by atoms with van der Waals surface area (Å²) in [5.41, 5.74) is 4.09. The molecule has 0 radical (unpaired) electrons. The lowest BCUT2D eigenvalue weighted by Crippen LogP contribution is -2.14. The Bertz CT molecular complexity index is 1700. The molecule has 6 nitrogen and oxygen atoms in total. The fourth-order valence-electron chi connectivity index (χ4n) is 4.17. The second kappa shape index (κ2) is 9.13. The topological polar surface area (TPSA) is 86.9 Å². The molecule has 0 spiro atoms. The van der Waals surface area contributed by atoms with Crippen molar-refractivity contribution in [2.45, 2.75) is 0 Å². The number of benzene rings is 4. The Hall–Kier alpha value is -4.75. The number of anilines is 2. The number of aromatic nitrogens is 2. The van der Waals surface area contributed by atoms with Crippen molar-refractivity contribution in [3.8, 4) is 10.4 Å². The normalized spacial score (nSPS) is 11.0. The Labute approximate surface area is 210 Å². The van der Waals surface area contributed by atoms with E-state index in [9.17, 15) is 9.59 Å². The fourth-order valence-corrected chi connectivity index (χ4v) is 5.25. The first-order chi connectivity index (χ1) is 17.6. The van der Waals surface area contributed by atoms with Gasteiger partial charge >= 0.3 is 0 Å². The van der Waals surface area contributed by atoms with Crippen LogP contribution in [0.3, 0.4) is 0 Å². The summed E-state index contributed by atoms with van der Waals surface area (Å²) in [6.45, 7) is 0. The van der Waals surface area contributed by atoms with Gasteiger partial charge in [-0.2, -0.15) is 5.10 Å². The Morgan fingerprint density at radius 2 is 1.42 bits per heavy atom. The molecule has 36 heavy (non-hydrogen) atoms. The molecule has 4 aromatic carbocycles. The van der Waals surface area contributed by atoms with Gasteiger partial charge in [0, 0.05) is 43.0 Å². The number of carbonyl (C=O) groups excluding carboxylic acids is 2. The molecule has 3 N–H and O–H groups in total. The average Bonchev–Trinajstić information content (AvgIpc) is 3.56. The van der Waals surface area contributed by atoms with Crippen LogP contribution >= 0.6 is 11.3 Å². The van der Waals surface area contributed by atoms with Crippen LogP contribution in [0.1, 0.15) is 20.7 Å². The molecule has 0 saturated heterocycles. The summed E-state index contributed by atoms with van der Waals surface area (Å²) in [5.74, 6) is -0.454. The monoisotopic (exact) mass is 488 g/mol. The molecule has 2 amide bonds. The number of nitrogens with zero attached hydrogens (tertiary/aromatic N) is 1. The zero-order valence-electron chi connectivity index (χ0n) is 19.0. The van der Waals surface area contributed by atoms with E-state index >= 15 is 0 Å². The second-order valence-electron chi connectivity index (χ2n) is 8.36. The van der Waals surface area contributed by atoms with Crippen molar-refractivity contribution < 1.29 is 9.59 Å². The van der Waals surface area contributed by atoms with Crippen molar-refractivity contribution in [1.82, 2.24) is 10.2 Å². The van der Waals surface area contributed by atoms with Crippen LogP contribution < -0.4 is 10.6 Å². The summed E-state index contributed by atoms with van der Waals surface area (Å²) in [5, 5.41) is 15.1. The van der Waals surface area contributed by atoms with E-state index in [1.54, 1.807) is 53.9 Å². The highest BCUT2D eigenvalue weighted by Crippen LogP contribution is 2.37. The number of hydrogen-bond donors (Lipinski definition) is 3. The molecule has 0 bridgehead atoms. The highest BCUT2D eigenvalue weighted by molar-refractivity contribution is 7.22. The van der Waals surface area contributed by atoms with Crippen LogP contribution in [0.2, 0.25) is 0 Å². The van der Waals surface area contributed by atoms with Gasteiger partial charge in [0.1, 0.15) is 0 Å². The third-order valence-electron chi connectivity index (χ3n) is 5.92. The molecule has 174 valence electrons. The van der Waals surface area contributed by atoms with E-state index in [4.69, 9.17) is 0 Å². The lowest BCUT2D eigenvalue weighted by Gasteiger charge is -2.10. The highest BCUT2D eigenvalue weighted by atomic mass is 32.1. The number of thiophene rings is 1. The minimum atomic E-state index is -0.244. The number of fused-ring (bicyclic) bond motifs is 2. The minimum Gasteiger partial charge on any atom is -0.322 e. The van der Waals surface area contributed by atoms with E-state index in [1.165, 1.54) is 4.70 Å². The summed E-state index contributed by atoms with van der Waals surface area (Å²) < 4.78 is 1.18. The zero-order valence-corrected chi connectivity index (χ0v) is 19.8. The number of aromatic amines is 1. The molecule has 2 aromatic heterocycles. The van der Waals surface area contributed by atoms with Crippen LogP contribution in [-0.2, 0) is 0 Å². The van der Waals surface area contributed by atoms with Crippen molar-refractivity contribution >= 4 is 55.5 Å². The molecule has 0 unspecified atom stereocenters. The van der Waals surface area contributed by atoms with Gasteiger partial charge in [0.25, 0.3) is 11.8 Å². The van der Waals surface area contributed by atoms with Crippen molar-refractivity contribution in [2.75, 3.05) is 10.6 Å². The van der Waals surface area contributed by atoms with Crippen LogP contribution in [0.4, 0.5) is 11.4 Å². The van der Waals surface area contributed by atoms with Crippen molar-refractivity contribution in [2.24, 2.45) is 0 Å². The number of carbonyl (C=O) groups is 2. The summed E-state index contributed by atoms with van der Waals surface area (Å²) >= 11 is 1.68. The first kappa shape index (κ1) is 21.8. The highest BCUT2D eigenvalue weighted by Gasteiger charge is 2.15. The predicted octanol–water partition coefficient (Wildman–Crippen LogP) is 6.95. The number of hydrogen-bond acceptors (Lipinski definition) is 4. The van der Waals surface area contributed by atoms with Crippen LogP contribution in [0, 0.1) is 0 Å². The molecular formula is C29H20N4O2S. The number of rotatable bonds is 5. The van der Waals surface area contributed by atoms with E-state index in [0.29, 0.717) is 22.5 Å². The molecule has 0 aliphatic rings. The zero-order chi connectivity index (χ0) is 24.5. The van der Waals surface area contributed by atoms with Crippen LogP contribution in [0.15, 0.2) is 103 Å². The van der Waals surface area contributed by atoms with E-state index in [0.717, 1.165) is 26.7 Å². The molecule has 0 aliphatic heterocycles. The molecule has 0 aliphatic carbocycles. The first-order valence-corrected chi connectivity index (χ1v) is 12.2. The van der Waals surface area contributed by atoms with Gasteiger partial charge in [-0.05, 0) is 60.0 Å². The standard InChI is InChI=1S/C29H20N4O2S/c34-28(18-7-2-1-3-8-18)31-22-10-6-11-23(16-22)32-29(35)20-13-21-17-30-33-27(21)24(14-20)26-15-19-9-4-5-12-25(19)36-26/h1-17H,(H,30,33)(H,31,34)(H,32,35). The molecule has 2 heterocycles. The maximum absolute atomic E-state index is 13.3. The number of amides is 2. The van der Waals surface area contributed by atoms with Gasteiger partial charge in [-0.25, -0.2) is 0 Å². The van der Waals surface area contributed by atoms with Crippen molar-refractivity contribution in [3.63, 3.8) is 0 Å². The van der Waals surface area contributed by atoms with Crippen LogP contribution in [0.25, 0.3) is 31.4 Å². The van der Waals surface area contributed by atoms with E-state index in [-0.39, 0.29) is 11.8 Å². The molecular weight excluding hydrogens is 468 g/mol. The first-order valence-electron chi connectivity index (χ1n) is 11.4. The van der Waals surface area contributed by atoms with Gasteiger partial charge in [0.05, 0.1) is 11.7 Å². The molecule has 0 saturated carbocycles. The lowest BCUT2D eigenvalue weighted by atomic mass is 10.0. The van der Waals surface area contributed by atoms with Crippen LogP contribution in [0.5, 0.6) is 0 Å². The quantitative estimate of drug-likeness (QED) is 0.245. The Balaban J connectivity index is 1.28. The third-order valence-corrected chi connectivity index (χ3v) is 7.07.